The van der Waals surface area contributed by atoms with E-state index in [1.54, 1.807) is 17.8 Å². The molecular weight excluding hydrogens is 149 g/mol. The number of anilines is 1. The van der Waals surface area contributed by atoms with Crippen LogP contribution in [0.2, 0.25) is 0 Å². The molecule has 1 heterocycles. The molecule has 3 heteroatoms. The molecule has 2 rings (SSSR count). The Hall–Kier alpha value is -0.700. The van der Waals surface area contributed by atoms with Gasteiger partial charge in [-0.1, -0.05) is 0 Å². The Morgan fingerprint density at radius 1 is 1.50 bits per heavy atom. The first kappa shape index (κ1) is 6.04. The highest BCUT2D eigenvalue weighted by Crippen LogP contribution is 2.33. The first-order chi connectivity index (χ1) is 4.86. The van der Waals surface area contributed by atoms with Crippen molar-refractivity contribution in [1.29, 1.82) is 0 Å². The quantitative estimate of drug-likeness (QED) is 0.617. The number of rotatable bonds is 0. The molecule has 0 amide bonds. The summed E-state index contributed by atoms with van der Waals surface area (Å²) < 4.78 is 12.5. The van der Waals surface area contributed by atoms with Crippen LogP contribution >= 0.6 is 11.8 Å². The molecule has 1 aliphatic heterocycles. The van der Waals surface area contributed by atoms with Crippen LogP contribution in [0.1, 0.15) is 0 Å². The monoisotopic (exact) mass is 155 g/mol. The largest absolute Gasteiger partial charge is 0.375 e. The number of hydrogen-bond acceptors (Lipinski definition) is 2. The molecule has 52 valence electrons. The van der Waals surface area contributed by atoms with Crippen LogP contribution in [0, 0.1) is 5.82 Å². The Kier molecular flexibility index (Phi) is 1.31. The van der Waals surface area contributed by atoms with Gasteiger partial charge in [-0.2, -0.15) is 0 Å². The molecule has 0 saturated carbocycles. The van der Waals surface area contributed by atoms with E-state index in [0.717, 1.165) is 16.5 Å². The van der Waals surface area contributed by atoms with Crippen molar-refractivity contribution in [3.05, 3.63) is 24.0 Å². The summed E-state index contributed by atoms with van der Waals surface area (Å²) in [5.41, 5.74) is 0.921. The molecule has 0 aliphatic carbocycles. The molecule has 1 aromatic rings. The third kappa shape index (κ3) is 0.865. The van der Waals surface area contributed by atoms with E-state index in [-0.39, 0.29) is 5.82 Å². The van der Waals surface area contributed by atoms with Gasteiger partial charge in [0.1, 0.15) is 5.82 Å². The summed E-state index contributed by atoms with van der Waals surface area (Å²) in [6, 6.07) is 4.81. The van der Waals surface area contributed by atoms with E-state index >= 15 is 0 Å². The standard InChI is InChI=1S/C7H6FNS/c8-5-1-2-7-6(3-5)9-4-10-7/h1-3,9H,4H2. The number of halogens is 1. The smallest absolute Gasteiger partial charge is 0.125 e. The second-order valence-corrected chi connectivity index (χ2v) is 3.12. The summed E-state index contributed by atoms with van der Waals surface area (Å²) in [4.78, 5) is 1.14. The van der Waals surface area contributed by atoms with Crippen molar-refractivity contribution in [2.24, 2.45) is 0 Å². The molecule has 1 N–H and O–H groups in total. The maximum Gasteiger partial charge on any atom is 0.125 e. The minimum absolute atomic E-state index is 0.172. The number of fused-ring (bicyclic) bond motifs is 1. The second kappa shape index (κ2) is 2.16. The minimum Gasteiger partial charge on any atom is -0.375 e. The van der Waals surface area contributed by atoms with Crippen LogP contribution in [0.3, 0.4) is 0 Å². The molecule has 10 heavy (non-hydrogen) atoms. The van der Waals surface area contributed by atoms with E-state index in [0.29, 0.717) is 0 Å². The number of thioether (sulfide) groups is 1. The summed E-state index contributed by atoms with van der Waals surface area (Å²) in [6.07, 6.45) is 0. The normalized spacial score (nSPS) is 14.5. The van der Waals surface area contributed by atoms with Crippen molar-refractivity contribution in [3.8, 4) is 0 Å². The molecule has 0 saturated heterocycles. The first-order valence-corrected chi connectivity index (χ1v) is 4.01. The van der Waals surface area contributed by atoms with E-state index in [1.807, 2.05) is 0 Å². The lowest BCUT2D eigenvalue weighted by Crippen LogP contribution is -1.88. The fourth-order valence-corrected chi connectivity index (χ4v) is 1.79. The highest BCUT2D eigenvalue weighted by atomic mass is 32.2. The predicted molar refractivity (Wildman–Crippen MR) is 40.7 cm³/mol. The Morgan fingerprint density at radius 2 is 2.40 bits per heavy atom. The zero-order chi connectivity index (χ0) is 6.97. The van der Waals surface area contributed by atoms with Crippen molar-refractivity contribution in [2.45, 2.75) is 4.90 Å². The molecule has 0 spiro atoms. The summed E-state index contributed by atoms with van der Waals surface area (Å²) in [7, 11) is 0. The topological polar surface area (TPSA) is 12.0 Å². The second-order valence-electron chi connectivity index (χ2n) is 2.11. The van der Waals surface area contributed by atoms with Crippen molar-refractivity contribution in [2.75, 3.05) is 11.2 Å². The lowest BCUT2D eigenvalue weighted by Gasteiger charge is -1.95. The number of benzene rings is 1. The third-order valence-corrected chi connectivity index (χ3v) is 2.39. The van der Waals surface area contributed by atoms with Gasteiger partial charge in [0.25, 0.3) is 0 Å². The summed E-state index contributed by atoms with van der Waals surface area (Å²) in [5, 5.41) is 3.06. The van der Waals surface area contributed by atoms with Crippen molar-refractivity contribution < 1.29 is 4.39 Å². The molecule has 1 aromatic carbocycles. The van der Waals surface area contributed by atoms with Crippen LogP contribution in [0.4, 0.5) is 10.1 Å². The van der Waals surface area contributed by atoms with E-state index in [9.17, 15) is 4.39 Å². The van der Waals surface area contributed by atoms with Crippen LogP contribution in [0.25, 0.3) is 0 Å². The minimum atomic E-state index is -0.172. The van der Waals surface area contributed by atoms with Crippen LogP contribution in [0.5, 0.6) is 0 Å². The molecule has 0 bridgehead atoms. The van der Waals surface area contributed by atoms with E-state index in [4.69, 9.17) is 0 Å². The lowest BCUT2D eigenvalue weighted by atomic mass is 10.3. The molecule has 0 aromatic heterocycles. The molecule has 0 radical (unpaired) electrons. The Balaban J connectivity index is 2.52. The lowest BCUT2D eigenvalue weighted by molar-refractivity contribution is 0.627. The fraction of sp³-hybridized carbons (Fsp3) is 0.143. The zero-order valence-corrected chi connectivity index (χ0v) is 6.04. The highest BCUT2D eigenvalue weighted by molar-refractivity contribution is 7.99. The summed E-state index contributed by atoms with van der Waals surface area (Å²) >= 11 is 1.70. The highest BCUT2D eigenvalue weighted by Gasteiger charge is 2.09. The van der Waals surface area contributed by atoms with Gasteiger partial charge in [-0.15, -0.1) is 11.8 Å². The summed E-state index contributed by atoms with van der Waals surface area (Å²) in [5.74, 6) is 0.687. The van der Waals surface area contributed by atoms with E-state index in [1.165, 1.54) is 12.1 Å². The molecule has 0 fully saturated rings. The van der Waals surface area contributed by atoms with Crippen LogP contribution < -0.4 is 5.32 Å². The average Bonchev–Trinajstić information content (AvgIpc) is 2.33. The third-order valence-electron chi connectivity index (χ3n) is 1.43. The van der Waals surface area contributed by atoms with Gasteiger partial charge < -0.3 is 5.32 Å². The van der Waals surface area contributed by atoms with Gasteiger partial charge in [-0.25, -0.2) is 4.39 Å². The van der Waals surface area contributed by atoms with E-state index < -0.39 is 0 Å². The van der Waals surface area contributed by atoms with Gasteiger partial charge in [0.05, 0.1) is 11.6 Å². The van der Waals surface area contributed by atoms with Crippen LogP contribution in [-0.4, -0.2) is 5.88 Å². The maximum absolute atomic E-state index is 12.5. The Morgan fingerprint density at radius 3 is 3.30 bits per heavy atom. The summed E-state index contributed by atoms with van der Waals surface area (Å²) in [6.45, 7) is 0. The molecule has 0 unspecified atom stereocenters. The van der Waals surface area contributed by atoms with Crippen LogP contribution in [0.15, 0.2) is 23.1 Å². The fourth-order valence-electron chi connectivity index (χ4n) is 0.958. The Bertz CT molecular complexity index is 262. The van der Waals surface area contributed by atoms with Gasteiger partial charge in [0.15, 0.2) is 0 Å². The van der Waals surface area contributed by atoms with Crippen molar-refractivity contribution in [3.63, 3.8) is 0 Å². The number of hydrogen-bond donors (Lipinski definition) is 1. The van der Waals surface area contributed by atoms with Gasteiger partial charge in [-0.05, 0) is 18.2 Å². The Labute approximate surface area is 62.6 Å². The van der Waals surface area contributed by atoms with Gasteiger partial charge >= 0.3 is 0 Å². The van der Waals surface area contributed by atoms with Crippen molar-refractivity contribution >= 4 is 17.4 Å². The molecular formula is C7H6FNS. The SMILES string of the molecule is Fc1ccc2c(c1)NCS2. The van der Waals surface area contributed by atoms with Crippen LogP contribution in [-0.2, 0) is 0 Å². The molecule has 0 atom stereocenters. The van der Waals surface area contributed by atoms with Gasteiger partial charge in [0, 0.05) is 4.90 Å². The van der Waals surface area contributed by atoms with Gasteiger partial charge in [0.2, 0.25) is 0 Å². The van der Waals surface area contributed by atoms with E-state index in [2.05, 4.69) is 5.32 Å². The maximum atomic E-state index is 12.5. The molecule has 1 aliphatic rings. The molecule has 1 nitrogen and oxygen atoms in total. The number of nitrogens with one attached hydrogen (secondary N) is 1. The van der Waals surface area contributed by atoms with Gasteiger partial charge in [-0.3, -0.25) is 0 Å². The first-order valence-electron chi connectivity index (χ1n) is 3.02. The zero-order valence-electron chi connectivity index (χ0n) is 5.23. The average molecular weight is 155 g/mol. The van der Waals surface area contributed by atoms with Crippen molar-refractivity contribution in [1.82, 2.24) is 0 Å². The predicted octanol–water partition coefficient (Wildman–Crippen LogP) is 2.30.